The molecule has 0 saturated carbocycles. The predicted molar refractivity (Wildman–Crippen MR) is 109 cm³/mol. The highest BCUT2D eigenvalue weighted by molar-refractivity contribution is 7.90. The summed E-state index contributed by atoms with van der Waals surface area (Å²) in [6.45, 7) is -1.39. The number of rotatable bonds is 7. The standard InChI is InChI=1S/C20H19ClF3NO6S/c1-29-18-16(32(2,27)28)8-7-15(30-11-20(22,23)24)17(18)19(26)25-9-14(10-25)31-13-5-3-12(21)4-6-13/h3-8,14H,9-11H2,1-2H3. The molecule has 0 aliphatic carbocycles. The Kier molecular flexibility index (Phi) is 6.80. The molecular formula is C20H19ClF3NO6S. The Labute approximate surface area is 187 Å². The Hall–Kier alpha value is -2.66. The fourth-order valence-electron chi connectivity index (χ4n) is 3.06. The number of likely N-dealkylation sites (tertiary alicyclic amines) is 1. The van der Waals surface area contributed by atoms with Gasteiger partial charge in [0.2, 0.25) is 0 Å². The van der Waals surface area contributed by atoms with Crippen LogP contribution in [0.2, 0.25) is 5.02 Å². The van der Waals surface area contributed by atoms with E-state index in [4.69, 9.17) is 25.8 Å². The molecule has 0 atom stereocenters. The largest absolute Gasteiger partial charge is 0.494 e. The third-order valence-electron chi connectivity index (χ3n) is 4.54. The average Bonchev–Trinajstić information content (AvgIpc) is 2.67. The van der Waals surface area contributed by atoms with E-state index in [1.165, 1.54) is 4.90 Å². The SMILES string of the molecule is COc1c(S(C)(=O)=O)ccc(OCC(F)(F)F)c1C(=O)N1CC(Oc2ccc(Cl)cc2)C1. The third-order valence-corrected chi connectivity index (χ3v) is 5.92. The number of ether oxygens (including phenoxy) is 3. The zero-order valence-electron chi connectivity index (χ0n) is 17.0. The van der Waals surface area contributed by atoms with Crippen molar-refractivity contribution in [3.05, 3.63) is 47.0 Å². The van der Waals surface area contributed by atoms with E-state index in [0.29, 0.717) is 10.8 Å². The van der Waals surface area contributed by atoms with Gasteiger partial charge in [0.25, 0.3) is 5.91 Å². The summed E-state index contributed by atoms with van der Waals surface area (Å²) in [5, 5.41) is 0.534. The highest BCUT2D eigenvalue weighted by Gasteiger charge is 2.38. The molecule has 1 aliphatic heterocycles. The maximum Gasteiger partial charge on any atom is 0.422 e. The van der Waals surface area contributed by atoms with Gasteiger partial charge in [0.15, 0.2) is 22.2 Å². The summed E-state index contributed by atoms with van der Waals surface area (Å²) in [6.07, 6.45) is -4.12. The number of hydrogen-bond acceptors (Lipinski definition) is 6. The quantitative estimate of drug-likeness (QED) is 0.586. The van der Waals surface area contributed by atoms with Crippen molar-refractivity contribution < 1.29 is 40.6 Å². The van der Waals surface area contributed by atoms with E-state index in [2.05, 4.69) is 0 Å². The lowest BCUT2D eigenvalue weighted by Gasteiger charge is -2.39. The molecule has 1 heterocycles. The molecule has 2 aromatic carbocycles. The first-order chi connectivity index (χ1) is 14.9. The molecule has 3 rings (SSSR count). The van der Waals surface area contributed by atoms with Gasteiger partial charge in [-0.1, -0.05) is 11.6 Å². The number of hydrogen-bond donors (Lipinski definition) is 0. The maximum absolute atomic E-state index is 13.1. The average molecular weight is 494 g/mol. The second-order valence-corrected chi connectivity index (χ2v) is 9.47. The number of halogens is 4. The second kappa shape index (κ2) is 9.07. The lowest BCUT2D eigenvalue weighted by atomic mass is 10.1. The van der Waals surface area contributed by atoms with E-state index < -0.39 is 39.8 Å². The van der Waals surface area contributed by atoms with Crippen LogP contribution in [0.1, 0.15) is 10.4 Å². The fourth-order valence-corrected chi connectivity index (χ4v) is 4.03. The highest BCUT2D eigenvalue weighted by atomic mass is 35.5. The van der Waals surface area contributed by atoms with Crippen LogP contribution in [0, 0.1) is 0 Å². The minimum atomic E-state index is -4.66. The van der Waals surface area contributed by atoms with Crippen LogP contribution >= 0.6 is 11.6 Å². The van der Waals surface area contributed by atoms with Crippen molar-refractivity contribution in [3.8, 4) is 17.2 Å². The van der Waals surface area contributed by atoms with Crippen LogP contribution in [0.15, 0.2) is 41.3 Å². The molecule has 0 aromatic heterocycles. The van der Waals surface area contributed by atoms with Crippen LogP contribution in [0.5, 0.6) is 17.2 Å². The van der Waals surface area contributed by atoms with Crippen molar-refractivity contribution >= 4 is 27.3 Å². The molecule has 7 nitrogen and oxygen atoms in total. The number of carbonyl (C=O) groups excluding carboxylic acids is 1. The molecule has 2 aromatic rings. The van der Waals surface area contributed by atoms with Crippen molar-refractivity contribution in [2.45, 2.75) is 17.2 Å². The summed E-state index contributed by atoms with van der Waals surface area (Å²) in [4.78, 5) is 14.1. The van der Waals surface area contributed by atoms with Gasteiger partial charge in [-0.05, 0) is 36.4 Å². The zero-order valence-corrected chi connectivity index (χ0v) is 18.6. The Morgan fingerprint density at radius 2 is 1.78 bits per heavy atom. The summed E-state index contributed by atoms with van der Waals surface area (Å²) < 4.78 is 77.8. The Bertz CT molecular complexity index is 1100. The number of methoxy groups -OCH3 is 1. The molecule has 0 unspecified atom stereocenters. The van der Waals surface area contributed by atoms with E-state index in [1.807, 2.05) is 0 Å². The van der Waals surface area contributed by atoms with Crippen LogP contribution < -0.4 is 14.2 Å². The van der Waals surface area contributed by atoms with E-state index in [0.717, 1.165) is 25.5 Å². The van der Waals surface area contributed by atoms with Crippen molar-refractivity contribution in [2.75, 3.05) is 33.1 Å². The second-order valence-electron chi connectivity index (χ2n) is 7.05. The molecule has 1 amide bonds. The third kappa shape index (κ3) is 5.57. The number of benzene rings is 2. The maximum atomic E-state index is 13.1. The van der Waals surface area contributed by atoms with Crippen molar-refractivity contribution in [1.29, 1.82) is 0 Å². The van der Waals surface area contributed by atoms with Gasteiger partial charge in [-0.2, -0.15) is 13.2 Å². The monoisotopic (exact) mass is 493 g/mol. The molecule has 1 saturated heterocycles. The molecule has 0 bridgehead atoms. The van der Waals surface area contributed by atoms with E-state index in [1.54, 1.807) is 24.3 Å². The van der Waals surface area contributed by atoms with E-state index in [9.17, 15) is 26.4 Å². The summed E-state index contributed by atoms with van der Waals surface area (Å²) in [5.74, 6) is -1.00. The molecule has 0 radical (unpaired) electrons. The minimum Gasteiger partial charge on any atom is -0.494 e. The smallest absolute Gasteiger partial charge is 0.422 e. The molecule has 1 aliphatic rings. The van der Waals surface area contributed by atoms with Gasteiger partial charge in [-0.15, -0.1) is 0 Å². The van der Waals surface area contributed by atoms with Crippen LogP contribution in [0.25, 0.3) is 0 Å². The van der Waals surface area contributed by atoms with Gasteiger partial charge in [-0.25, -0.2) is 8.42 Å². The number of sulfone groups is 1. The molecule has 0 N–H and O–H groups in total. The Morgan fingerprint density at radius 3 is 2.31 bits per heavy atom. The lowest BCUT2D eigenvalue weighted by molar-refractivity contribution is -0.153. The van der Waals surface area contributed by atoms with Crippen LogP contribution in [-0.2, 0) is 9.84 Å². The van der Waals surface area contributed by atoms with Crippen LogP contribution in [0.4, 0.5) is 13.2 Å². The lowest BCUT2D eigenvalue weighted by Crippen LogP contribution is -2.56. The number of alkyl halides is 3. The Morgan fingerprint density at radius 1 is 1.16 bits per heavy atom. The van der Waals surface area contributed by atoms with Gasteiger partial charge >= 0.3 is 6.18 Å². The minimum absolute atomic E-state index is 0.131. The summed E-state index contributed by atoms with van der Waals surface area (Å²) in [7, 11) is -2.72. The molecular weight excluding hydrogens is 475 g/mol. The predicted octanol–water partition coefficient (Wildman–Crippen LogP) is 3.60. The molecule has 12 heteroatoms. The van der Waals surface area contributed by atoms with Crippen molar-refractivity contribution in [3.63, 3.8) is 0 Å². The number of carbonyl (C=O) groups is 1. The number of nitrogens with zero attached hydrogens (tertiary/aromatic N) is 1. The normalized spacial score (nSPS) is 14.6. The summed E-state index contributed by atoms with van der Waals surface area (Å²) >= 11 is 5.83. The van der Waals surface area contributed by atoms with Crippen molar-refractivity contribution in [1.82, 2.24) is 4.90 Å². The van der Waals surface area contributed by atoms with Gasteiger partial charge in [0.05, 0.1) is 20.2 Å². The van der Waals surface area contributed by atoms with Crippen LogP contribution in [-0.4, -0.2) is 64.6 Å². The first kappa shape index (κ1) is 24.0. The van der Waals surface area contributed by atoms with E-state index in [-0.39, 0.29) is 29.8 Å². The number of amides is 1. The van der Waals surface area contributed by atoms with E-state index >= 15 is 0 Å². The molecule has 32 heavy (non-hydrogen) atoms. The highest BCUT2D eigenvalue weighted by Crippen LogP contribution is 2.37. The summed E-state index contributed by atoms with van der Waals surface area (Å²) in [6, 6.07) is 8.66. The van der Waals surface area contributed by atoms with Crippen LogP contribution in [0.3, 0.4) is 0 Å². The van der Waals surface area contributed by atoms with Gasteiger partial charge in [0, 0.05) is 11.3 Å². The topological polar surface area (TPSA) is 82.1 Å². The van der Waals surface area contributed by atoms with Gasteiger partial charge in [0.1, 0.15) is 28.1 Å². The zero-order chi connectivity index (χ0) is 23.7. The Balaban J connectivity index is 1.85. The molecule has 174 valence electrons. The van der Waals surface area contributed by atoms with Crippen molar-refractivity contribution in [2.24, 2.45) is 0 Å². The molecule has 1 fully saturated rings. The first-order valence-corrected chi connectivity index (χ1v) is 11.5. The van der Waals surface area contributed by atoms with Gasteiger partial charge in [-0.3, -0.25) is 4.79 Å². The fraction of sp³-hybridized carbons (Fsp3) is 0.350. The van der Waals surface area contributed by atoms with Gasteiger partial charge < -0.3 is 19.1 Å². The summed E-state index contributed by atoms with van der Waals surface area (Å²) in [5.41, 5.74) is -0.399. The first-order valence-electron chi connectivity index (χ1n) is 9.21. The molecule has 0 spiro atoms.